The van der Waals surface area contributed by atoms with Crippen LogP contribution in [-0.2, 0) is 0 Å². The summed E-state index contributed by atoms with van der Waals surface area (Å²) >= 11 is 11.4. The maximum atomic E-state index is 6.16. The summed E-state index contributed by atoms with van der Waals surface area (Å²) in [6.45, 7) is 4.13. The fourth-order valence-electron chi connectivity index (χ4n) is 1.94. The van der Waals surface area contributed by atoms with E-state index in [1.165, 1.54) is 16.0 Å². The van der Waals surface area contributed by atoms with Crippen LogP contribution in [0.15, 0.2) is 28.7 Å². The predicted molar refractivity (Wildman–Crippen MR) is 83.8 cm³/mol. The Morgan fingerprint density at radius 3 is 2.50 bits per heavy atom. The van der Waals surface area contributed by atoms with Crippen LogP contribution in [0.2, 0.25) is 4.34 Å². The van der Waals surface area contributed by atoms with E-state index in [9.17, 15) is 0 Å². The van der Waals surface area contributed by atoms with E-state index < -0.39 is 0 Å². The summed E-state index contributed by atoms with van der Waals surface area (Å²) in [5.41, 5.74) is 3.63. The lowest BCUT2D eigenvalue weighted by molar-refractivity contribution is 0.700. The molecule has 4 heteroatoms. The van der Waals surface area contributed by atoms with E-state index in [2.05, 4.69) is 52.4 Å². The number of hydrogen-bond acceptors (Lipinski definition) is 2. The monoisotopic (exact) mass is 343 g/mol. The summed E-state index contributed by atoms with van der Waals surface area (Å²) < 4.78 is 2.00. The number of rotatable bonds is 3. The molecular formula is C14H15BrClNS. The second-order valence-corrected chi connectivity index (χ2v) is 6.89. The van der Waals surface area contributed by atoms with E-state index in [-0.39, 0.29) is 6.04 Å². The summed E-state index contributed by atoms with van der Waals surface area (Å²) in [7, 11) is 1.97. The Labute approximate surface area is 125 Å². The second-order valence-electron chi connectivity index (χ2n) is 4.35. The third kappa shape index (κ3) is 2.80. The molecule has 0 saturated heterocycles. The van der Waals surface area contributed by atoms with Gasteiger partial charge in [0.1, 0.15) is 0 Å². The minimum Gasteiger partial charge on any atom is -0.309 e. The zero-order valence-electron chi connectivity index (χ0n) is 10.6. The van der Waals surface area contributed by atoms with Crippen LogP contribution in [0.3, 0.4) is 0 Å². The van der Waals surface area contributed by atoms with Crippen molar-refractivity contribution in [3.8, 4) is 0 Å². The van der Waals surface area contributed by atoms with Crippen molar-refractivity contribution < 1.29 is 0 Å². The normalized spacial score (nSPS) is 12.7. The minimum absolute atomic E-state index is 0.177. The van der Waals surface area contributed by atoms with Crippen molar-refractivity contribution in [1.29, 1.82) is 0 Å². The van der Waals surface area contributed by atoms with Gasteiger partial charge in [-0.15, -0.1) is 11.3 Å². The molecule has 2 rings (SSSR count). The number of halogens is 2. The molecule has 0 radical (unpaired) electrons. The molecule has 1 N–H and O–H groups in total. The Morgan fingerprint density at radius 2 is 2.00 bits per heavy atom. The summed E-state index contributed by atoms with van der Waals surface area (Å²) in [5, 5.41) is 3.36. The molecule has 0 aliphatic heterocycles. The van der Waals surface area contributed by atoms with Gasteiger partial charge in [0.05, 0.1) is 10.4 Å². The third-order valence-corrected chi connectivity index (χ3v) is 5.22. The molecule has 18 heavy (non-hydrogen) atoms. The Kier molecular flexibility index (Phi) is 4.49. The van der Waals surface area contributed by atoms with E-state index >= 15 is 0 Å². The lowest BCUT2D eigenvalue weighted by Crippen LogP contribution is -2.17. The van der Waals surface area contributed by atoms with Crippen molar-refractivity contribution in [2.24, 2.45) is 0 Å². The Hall–Kier alpha value is -0.350. The lowest BCUT2D eigenvalue weighted by Gasteiger charge is -2.17. The molecule has 0 amide bonds. The van der Waals surface area contributed by atoms with Gasteiger partial charge in [0.15, 0.2) is 0 Å². The van der Waals surface area contributed by atoms with Gasteiger partial charge in [-0.3, -0.25) is 0 Å². The molecule has 0 spiro atoms. The highest BCUT2D eigenvalue weighted by Gasteiger charge is 2.18. The molecule has 1 heterocycles. The van der Waals surface area contributed by atoms with E-state index in [1.54, 1.807) is 11.3 Å². The average molecular weight is 345 g/mol. The quantitative estimate of drug-likeness (QED) is 0.818. The number of thiophene rings is 1. The smallest absolute Gasteiger partial charge is 0.0961 e. The highest BCUT2D eigenvalue weighted by atomic mass is 79.9. The van der Waals surface area contributed by atoms with Gasteiger partial charge in [0, 0.05) is 9.35 Å². The molecule has 2 aromatic rings. The zero-order valence-corrected chi connectivity index (χ0v) is 13.7. The van der Waals surface area contributed by atoms with Crippen molar-refractivity contribution in [3.05, 3.63) is 54.6 Å². The van der Waals surface area contributed by atoms with Gasteiger partial charge in [-0.1, -0.05) is 39.7 Å². The van der Waals surface area contributed by atoms with Gasteiger partial charge in [-0.05, 0) is 49.7 Å². The van der Waals surface area contributed by atoms with Gasteiger partial charge in [0.25, 0.3) is 0 Å². The molecule has 0 fully saturated rings. The molecule has 1 nitrogen and oxygen atoms in total. The topological polar surface area (TPSA) is 12.0 Å². The van der Waals surface area contributed by atoms with E-state index in [4.69, 9.17) is 11.6 Å². The van der Waals surface area contributed by atoms with Gasteiger partial charge in [-0.25, -0.2) is 0 Å². The van der Waals surface area contributed by atoms with E-state index in [1.807, 2.05) is 14.0 Å². The van der Waals surface area contributed by atoms with Gasteiger partial charge >= 0.3 is 0 Å². The number of hydrogen-bond donors (Lipinski definition) is 1. The molecule has 0 aliphatic carbocycles. The zero-order chi connectivity index (χ0) is 13.3. The van der Waals surface area contributed by atoms with Crippen LogP contribution in [0.5, 0.6) is 0 Å². The number of benzene rings is 1. The molecule has 96 valence electrons. The molecule has 1 unspecified atom stereocenters. The SMILES string of the molecule is CNC(c1cc(C)c(Cl)s1)c1ccc(C)cc1Br. The van der Waals surface area contributed by atoms with Crippen molar-refractivity contribution in [3.63, 3.8) is 0 Å². The predicted octanol–water partition coefficient (Wildman–Crippen LogP) is 5.09. The Morgan fingerprint density at radius 1 is 1.28 bits per heavy atom. The van der Waals surface area contributed by atoms with Crippen LogP contribution in [0.4, 0.5) is 0 Å². The minimum atomic E-state index is 0.177. The fraction of sp³-hybridized carbons (Fsp3) is 0.286. The molecule has 0 aliphatic rings. The van der Waals surface area contributed by atoms with Crippen LogP contribution in [0, 0.1) is 13.8 Å². The molecule has 0 saturated carbocycles. The first-order valence-electron chi connectivity index (χ1n) is 5.72. The van der Waals surface area contributed by atoms with Crippen LogP contribution >= 0.6 is 38.9 Å². The van der Waals surface area contributed by atoms with Crippen molar-refractivity contribution >= 4 is 38.9 Å². The summed E-state index contributed by atoms with van der Waals surface area (Å²) in [6.07, 6.45) is 0. The van der Waals surface area contributed by atoms with Crippen molar-refractivity contribution in [1.82, 2.24) is 5.32 Å². The summed E-state index contributed by atoms with van der Waals surface area (Å²) in [5.74, 6) is 0. The van der Waals surface area contributed by atoms with Crippen molar-refractivity contribution in [2.45, 2.75) is 19.9 Å². The fourth-order valence-corrected chi connectivity index (χ4v) is 4.01. The van der Waals surface area contributed by atoms with Crippen LogP contribution < -0.4 is 5.32 Å². The second kappa shape index (κ2) is 5.74. The first kappa shape index (κ1) is 14.1. The van der Waals surface area contributed by atoms with Crippen molar-refractivity contribution in [2.75, 3.05) is 7.05 Å². The van der Waals surface area contributed by atoms with E-state index in [0.717, 1.165) is 14.4 Å². The van der Waals surface area contributed by atoms with Gasteiger partial charge in [-0.2, -0.15) is 0 Å². The third-order valence-electron chi connectivity index (χ3n) is 2.92. The lowest BCUT2D eigenvalue weighted by atomic mass is 10.0. The van der Waals surface area contributed by atoms with Gasteiger partial charge in [0.2, 0.25) is 0 Å². The average Bonchev–Trinajstić information content (AvgIpc) is 2.63. The van der Waals surface area contributed by atoms with Crippen LogP contribution in [0.25, 0.3) is 0 Å². The molecule has 1 atom stereocenters. The highest BCUT2D eigenvalue weighted by Crippen LogP contribution is 2.36. The number of aryl methyl sites for hydroxylation is 2. The standard InChI is InChI=1S/C14H15BrClNS/c1-8-4-5-10(11(15)6-8)13(17-3)12-7-9(2)14(16)18-12/h4-7,13,17H,1-3H3. The maximum absolute atomic E-state index is 6.16. The molecule has 1 aromatic heterocycles. The maximum Gasteiger partial charge on any atom is 0.0961 e. The molecule has 0 bridgehead atoms. The molecular weight excluding hydrogens is 330 g/mol. The van der Waals surface area contributed by atoms with Crippen LogP contribution in [-0.4, -0.2) is 7.05 Å². The number of nitrogens with one attached hydrogen (secondary N) is 1. The summed E-state index contributed by atoms with van der Waals surface area (Å²) in [4.78, 5) is 1.24. The summed E-state index contributed by atoms with van der Waals surface area (Å²) in [6, 6.07) is 8.76. The van der Waals surface area contributed by atoms with E-state index in [0.29, 0.717) is 0 Å². The van der Waals surface area contributed by atoms with Gasteiger partial charge < -0.3 is 5.32 Å². The van der Waals surface area contributed by atoms with Crippen LogP contribution in [0.1, 0.15) is 27.6 Å². The first-order valence-corrected chi connectivity index (χ1v) is 7.71. The first-order chi connectivity index (χ1) is 8.52. The Bertz CT molecular complexity index is 545. The molecule has 1 aromatic carbocycles. The largest absolute Gasteiger partial charge is 0.309 e. The Balaban J connectivity index is 2.45. The highest BCUT2D eigenvalue weighted by molar-refractivity contribution is 9.10.